The second-order valence-corrected chi connectivity index (χ2v) is 5.98. The average molecular weight is 400 g/mol. The first kappa shape index (κ1) is 19.4. The van der Waals surface area contributed by atoms with E-state index in [0.717, 1.165) is 17.3 Å². The minimum Gasteiger partial charge on any atom is -0.490 e. The molecule has 9 heteroatoms. The molecule has 0 fully saturated rings. The Kier molecular flexibility index (Phi) is 6.59. The van der Waals surface area contributed by atoms with Crippen LogP contribution in [0.25, 0.3) is 0 Å². The Hall–Kier alpha value is -3.39. The molecule has 0 saturated carbocycles. The van der Waals surface area contributed by atoms with E-state index in [1.807, 2.05) is 37.3 Å². The summed E-state index contributed by atoms with van der Waals surface area (Å²) in [7, 11) is 0. The molecule has 0 atom stereocenters. The van der Waals surface area contributed by atoms with Crippen LogP contribution in [0.5, 0.6) is 11.5 Å². The molecule has 0 saturated heterocycles. The Morgan fingerprint density at radius 2 is 2.07 bits per heavy atom. The third-order valence-corrected chi connectivity index (χ3v) is 3.94. The number of hydrogen-bond acceptors (Lipinski definition) is 7. The van der Waals surface area contributed by atoms with Crippen molar-refractivity contribution in [3.8, 4) is 11.5 Å². The number of aromatic nitrogens is 3. The van der Waals surface area contributed by atoms with Gasteiger partial charge >= 0.3 is 0 Å². The van der Waals surface area contributed by atoms with E-state index in [-0.39, 0.29) is 11.5 Å². The lowest BCUT2D eigenvalue weighted by Crippen LogP contribution is -2.10. The molecule has 1 aromatic heterocycles. The summed E-state index contributed by atoms with van der Waals surface area (Å²) >= 11 is 6.17. The van der Waals surface area contributed by atoms with E-state index in [4.69, 9.17) is 21.1 Å². The van der Waals surface area contributed by atoms with Crippen LogP contribution >= 0.6 is 11.6 Å². The van der Waals surface area contributed by atoms with E-state index in [2.05, 4.69) is 25.7 Å². The van der Waals surface area contributed by atoms with Crippen molar-refractivity contribution in [3.05, 3.63) is 75.2 Å². The van der Waals surface area contributed by atoms with Gasteiger partial charge in [-0.2, -0.15) is 5.10 Å². The van der Waals surface area contributed by atoms with Crippen LogP contribution in [-0.2, 0) is 6.61 Å². The molecule has 144 valence electrons. The molecule has 0 amide bonds. The molecule has 0 aliphatic carbocycles. The molecule has 2 aromatic carbocycles. The van der Waals surface area contributed by atoms with Gasteiger partial charge in [-0.05, 0) is 36.8 Å². The highest BCUT2D eigenvalue weighted by Crippen LogP contribution is 2.29. The van der Waals surface area contributed by atoms with Crippen molar-refractivity contribution in [2.75, 3.05) is 12.0 Å². The quantitative estimate of drug-likeness (QED) is 0.445. The fourth-order valence-electron chi connectivity index (χ4n) is 2.29. The number of benzene rings is 2. The normalized spacial score (nSPS) is 10.8. The minimum atomic E-state index is -0.369. The molecule has 3 aromatic rings. The second kappa shape index (κ2) is 9.52. The standard InChI is InChI=1S/C19H18ClN5O3/c1-2-27-17-9-13(10-21-24-19-23-18(26)11-22-25-19)7-8-16(17)28-12-14-5-3-4-6-15(14)20/h3-11H,2,12H2,1H3,(H2,23,24,25,26)/b21-10+. The van der Waals surface area contributed by atoms with Crippen molar-refractivity contribution < 1.29 is 9.47 Å². The van der Waals surface area contributed by atoms with Crippen LogP contribution in [0.15, 0.2) is 58.6 Å². The first-order valence-corrected chi connectivity index (χ1v) is 8.87. The molecular formula is C19H18ClN5O3. The van der Waals surface area contributed by atoms with Crippen molar-refractivity contribution in [1.82, 2.24) is 15.2 Å². The molecule has 0 bridgehead atoms. The van der Waals surface area contributed by atoms with Crippen molar-refractivity contribution in [1.29, 1.82) is 0 Å². The van der Waals surface area contributed by atoms with Crippen LogP contribution in [0.1, 0.15) is 18.1 Å². The van der Waals surface area contributed by atoms with Crippen molar-refractivity contribution in [3.63, 3.8) is 0 Å². The molecule has 0 unspecified atom stereocenters. The maximum atomic E-state index is 11.2. The molecule has 0 spiro atoms. The molecule has 1 heterocycles. The van der Waals surface area contributed by atoms with Crippen LogP contribution in [0, 0.1) is 0 Å². The number of H-pyrrole nitrogens is 1. The van der Waals surface area contributed by atoms with Crippen molar-refractivity contribution in [2.24, 2.45) is 5.10 Å². The number of hydrogen-bond donors (Lipinski definition) is 2. The summed E-state index contributed by atoms with van der Waals surface area (Å²) in [6, 6.07) is 12.9. The summed E-state index contributed by atoms with van der Waals surface area (Å²) < 4.78 is 11.5. The maximum Gasteiger partial charge on any atom is 0.271 e. The summed E-state index contributed by atoms with van der Waals surface area (Å²) in [6.07, 6.45) is 2.64. The Balaban J connectivity index is 1.70. The molecule has 0 aliphatic heterocycles. The number of hydrazone groups is 1. The van der Waals surface area contributed by atoms with Gasteiger partial charge in [0.15, 0.2) is 11.5 Å². The van der Waals surface area contributed by atoms with Gasteiger partial charge in [0.05, 0.1) is 12.8 Å². The molecule has 0 radical (unpaired) electrons. The lowest BCUT2D eigenvalue weighted by molar-refractivity contribution is 0.269. The zero-order valence-corrected chi connectivity index (χ0v) is 15.8. The minimum absolute atomic E-state index is 0.147. The van der Waals surface area contributed by atoms with Gasteiger partial charge < -0.3 is 9.47 Å². The number of nitrogens with one attached hydrogen (secondary N) is 2. The predicted molar refractivity (Wildman–Crippen MR) is 107 cm³/mol. The fraction of sp³-hybridized carbons (Fsp3) is 0.158. The summed E-state index contributed by atoms with van der Waals surface area (Å²) in [5, 5.41) is 11.9. The highest BCUT2D eigenvalue weighted by Gasteiger charge is 2.08. The summed E-state index contributed by atoms with van der Waals surface area (Å²) in [5.41, 5.74) is 3.90. The van der Waals surface area contributed by atoms with Gasteiger partial charge in [-0.25, -0.2) is 5.43 Å². The summed E-state index contributed by atoms with van der Waals surface area (Å²) in [4.78, 5) is 13.6. The van der Waals surface area contributed by atoms with Crippen molar-refractivity contribution >= 4 is 23.8 Å². The number of nitrogens with zero attached hydrogens (tertiary/aromatic N) is 3. The van der Waals surface area contributed by atoms with Crippen LogP contribution in [-0.4, -0.2) is 28.0 Å². The molecule has 28 heavy (non-hydrogen) atoms. The summed E-state index contributed by atoms with van der Waals surface area (Å²) in [6.45, 7) is 2.71. The van der Waals surface area contributed by atoms with E-state index in [0.29, 0.717) is 29.7 Å². The lowest BCUT2D eigenvalue weighted by Gasteiger charge is -2.13. The van der Waals surface area contributed by atoms with Crippen LogP contribution in [0.2, 0.25) is 5.02 Å². The van der Waals surface area contributed by atoms with Gasteiger partial charge in [-0.15, -0.1) is 10.2 Å². The van der Waals surface area contributed by atoms with E-state index < -0.39 is 0 Å². The van der Waals surface area contributed by atoms with E-state index in [1.165, 1.54) is 0 Å². The van der Waals surface area contributed by atoms with Gasteiger partial charge in [0, 0.05) is 10.6 Å². The Morgan fingerprint density at radius 3 is 2.86 bits per heavy atom. The lowest BCUT2D eigenvalue weighted by atomic mass is 10.2. The SMILES string of the molecule is CCOc1cc(/C=N/Nc2nncc(=O)[nH]2)ccc1OCc1ccccc1Cl. The smallest absolute Gasteiger partial charge is 0.271 e. The summed E-state index contributed by atoms with van der Waals surface area (Å²) in [5.74, 6) is 1.34. The molecule has 8 nitrogen and oxygen atoms in total. The third kappa shape index (κ3) is 5.31. The average Bonchev–Trinajstić information content (AvgIpc) is 2.69. The highest BCUT2D eigenvalue weighted by molar-refractivity contribution is 6.31. The monoisotopic (exact) mass is 399 g/mol. The van der Waals surface area contributed by atoms with Gasteiger partial charge in [0.1, 0.15) is 12.8 Å². The molecule has 3 rings (SSSR count). The topological polar surface area (TPSA) is 101 Å². The number of ether oxygens (including phenoxy) is 2. The Bertz CT molecular complexity index is 1020. The number of anilines is 1. The van der Waals surface area contributed by atoms with Crippen LogP contribution < -0.4 is 20.5 Å². The first-order chi connectivity index (χ1) is 13.7. The first-order valence-electron chi connectivity index (χ1n) is 8.50. The van der Waals surface area contributed by atoms with Crippen molar-refractivity contribution in [2.45, 2.75) is 13.5 Å². The fourth-order valence-corrected chi connectivity index (χ4v) is 2.49. The number of aromatic amines is 1. The van der Waals surface area contributed by atoms with Gasteiger partial charge in [-0.3, -0.25) is 9.78 Å². The van der Waals surface area contributed by atoms with Gasteiger partial charge in [-0.1, -0.05) is 29.8 Å². The van der Waals surface area contributed by atoms with E-state index in [9.17, 15) is 4.79 Å². The zero-order chi connectivity index (χ0) is 19.8. The van der Waals surface area contributed by atoms with Crippen LogP contribution in [0.4, 0.5) is 5.95 Å². The van der Waals surface area contributed by atoms with Crippen LogP contribution in [0.3, 0.4) is 0 Å². The maximum absolute atomic E-state index is 11.2. The zero-order valence-electron chi connectivity index (χ0n) is 15.1. The largest absolute Gasteiger partial charge is 0.490 e. The van der Waals surface area contributed by atoms with Gasteiger partial charge in [0.25, 0.3) is 5.56 Å². The number of rotatable bonds is 8. The second-order valence-electron chi connectivity index (χ2n) is 5.57. The van der Waals surface area contributed by atoms with E-state index in [1.54, 1.807) is 18.3 Å². The predicted octanol–water partition coefficient (Wildman–Crippen LogP) is 3.24. The Morgan fingerprint density at radius 1 is 1.21 bits per heavy atom. The van der Waals surface area contributed by atoms with Gasteiger partial charge in [0.2, 0.25) is 5.95 Å². The van der Waals surface area contributed by atoms with E-state index >= 15 is 0 Å². The highest BCUT2D eigenvalue weighted by atomic mass is 35.5. The molecular weight excluding hydrogens is 382 g/mol. The third-order valence-electron chi connectivity index (χ3n) is 3.57. The number of halogens is 1. The molecule has 0 aliphatic rings. The molecule has 2 N–H and O–H groups in total. The Labute approximate surface area is 166 Å².